The first-order valence-corrected chi connectivity index (χ1v) is 9.20. The van der Waals surface area contributed by atoms with Crippen LogP contribution in [0.2, 0.25) is 0 Å². The zero-order valence-electron chi connectivity index (χ0n) is 14.7. The van der Waals surface area contributed by atoms with Crippen LogP contribution in [-0.2, 0) is 9.47 Å². The summed E-state index contributed by atoms with van der Waals surface area (Å²) >= 11 is 0. The molecule has 3 aromatic rings. The fourth-order valence-electron chi connectivity index (χ4n) is 3.17. The standard InChI is InChI=1S/C22H23NO3/c24-22(23-10-3-4-11-25-14-19-15-26-19)20-9-5-8-18-12-16-6-1-2-7-17(16)13-21(18)20/h1-2,5-9,12-13,19H,3-4,10-11,14-15H2,(H,23,24). The zero-order valence-corrected chi connectivity index (χ0v) is 14.7. The molecule has 1 aliphatic rings. The molecule has 4 nitrogen and oxygen atoms in total. The second-order valence-electron chi connectivity index (χ2n) is 6.72. The van der Waals surface area contributed by atoms with Crippen LogP contribution in [0, 0.1) is 0 Å². The smallest absolute Gasteiger partial charge is 0.251 e. The minimum atomic E-state index is -0.0156. The number of ether oxygens (including phenoxy) is 2. The second kappa shape index (κ2) is 7.85. The number of benzene rings is 3. The third kappa shape index (κ3) is 4.03. The predicted molar refractivity (Wildman–Crippen MR) is 104 cm³/mol. The van der Waals surface area contributed by atoms with Crippen LogP contribution in [0.25, 0.3) is 21.5 Å². The maximum Gasteiger partial charge on any atom is 0.251 e. The van der Waals surface area contributed by atoms with E-state index >= 15 is 0 Å². The largest absolute Gasteiger partial charge is 0.379 e. The third-order valence-electron chi connectivity index (χ3n) is 4.70. The maximum absolute atomic E-state index is 12.6. The zero-order chi connectivity index (χ0) is 17.8. The van der Waals surface area contributed by atoms with E-state index in [0.29, 0.717) is 19.3 Å². The predicted octanol–water partition coefficient (Wildman–Crippen LogP) is 3.92. The molecule has 0 spiro atoms. The lowest BCUT2D eigenvalue weighted by Crippen LogP contribution is -2.24. The van der Waals surface area contributed by atoms with Crippen molar-refractivity contribution in [2.24, 2.45) is 0 Å². The molecule has 26 heavy (non-hydrogen) atoms. The number of carbonyl (C=O) groups excluding carboxylic acids is 1. The number of unbranched alkanes of at least 4 members (excludes halogenated alkanes) is 1. The molecule has 1 heterocycles. The molecule has 0 bridgehead atoms. The van der Waals surface area contributed by atoms with Gasteiger partial charge in [0.2, 0.25) is 0 Å². The summed E-state index contributed by atoms with van der Waals surface area (Å²) in [6.07, 6.45) is 2.16. The Labute approximate surface area is 153 Å². The Morgan fingerprint density at radius 2 is 1.81 bits per heavy atom. The van der Waals surface area contributed by atoms with Gasteiger partial charge in [-0.2, -0.15) is 0 Å². The highest BCUT2D eigenvalue weighted by molar-refractivity contribution is 6.10. The third-order valence-corrected chi connectivity index (χ3v) is 4.70. The van der Waals surface area contributed by atoms with Crippen molar-refractivity contribution in [1.82, 2.24) is 5.32 Å². The summed E-state index contributed by atoms with van der Waals surface area (Å²) in [5.41, 5.74) is 0.732. The molecule has 0 radical (unpaired) electrons. The maximum atomic E-state index is 12.6. The summed E-state index contributed by atoms with van der Waals surface area (Å²) in [5, 5.41) is 7.46. The molecular weight excluding hydrogens is 326 g/mol. The summed E-state index contributed by atoms with van der Waals surface area (Å²) in [4.78, 5) is 12.6. The Kier molecular flexibility index (Phi) is 5.14. The highest BCUT2D eigenvalue weighted by Gasteiger charge is 2.21. The number of fused-ring (bicyclic) bond motifs is 2. The Morgan fingerprint density at radius 1 is 1.04 bits per heavy atom. The fourth-order valence-corrected chi connectivity index (χ4v) is 3.17. The number of hydrogen-bond acceptors (Lipinski definition) is 3. The molecule has 0 aromatic heterocycles. The number of epoxide rings is 1. The van der Waals surface area contributed by atoms with Gasteiger partial charge in [0.25, 0.3) is 5.91 Å². The van der Waals surface area contributed by atoms with E-state index < -0.39 is 0 Å². The van der Waals surface area contributed by atoms with E-state index in [1.165, 1.54) is 5.39 Å². The van der Waals surface area contributed by atoms with Gasteiger partial charge in [-0.1, -0.05) is 36.4 Å². The van der Waals surface area contributed by atoms with Crippen LogP contribution >= 0.6 is 0 Å². The van der Waals surface area contributed by atoms with Crippen LogP contribution in [0.5, 0.6) is 0 Å². The molecule has 0 aliphatic carbocycles. The van der Waals surface area contributed by atoms with Crippen molar-refractivity contribution in [3.8, 4) is 0 Å². The van der Waals surface area contributed by atoms with Gasteiger partial charge in [0.05, 0.1) is 13.2 Å². The summed E-state index contributed by atoms with van der Waals surface area (Å²) in [6.45, 7) is 2.90. The molecule has 1 amide bonds. The summed E-state index contributed by atoms with van der Waals surface area (Å²) in [7, 11) is 0. The number of amides is 1. The van der Waals surface area contributed by atoms with Crippen LogP contribution in [0.4, 0.5) is 0 Å². The molecule has 1 unspecified atom stereocenters. The minimum Gasteiger partial charge on any atom is -0.379 e. The van der Waals surface area contributed by atoms with Gasteiger partial charge in [0.15, 0.2) is 0 Å². The van der Waals surface area contributed by atoms with Gasteiger partial charge in [0, 0.05) is 18.7 Å². The van der Waals surface area contributed by atoms with Crippen molar-refractivity contribution in [2.75, 3.05) is 26.4 Å². The molecule has 1 atom stereocenters. The van der Waals surface area contributed by atoms with Gasteiger partial charge in [0.1, 0.15) is 6.10 Å². The van der Waals surface area contributed by atoms with Crippen molar-refractivity contribution in [1.29, 1.82) is 0 Å². The number of nitrogens with one attached hydrogen (secondary N) is 1. The van der Waals surface area contributed by atoms with Gasteiger partial charge in [-0.3, -0.25) is 4.79 Å². The highest BCUT2D eigenvalue weighted by atomic mass is 16.6. The first-order valence-electron chi connectivity index (χ1n) is 9.20. The van der Waals surface area contributed by atoms with Gasteiger partial charge in [-0.25, -0.2) is 0 Å². The lowest BCUT2D eigenvalue weighted by molar-refractivity contribution is 0.0947. The SMILES string of the molecule is O=C(NCCCCOCC1CO1)c1cccc2cc3ccccc3cc12. The van der Waals surface area contributed by atoms with E-state index in [4.69, 9.17) is 9.47 Å². The Balaban J connectivity index is 1.37. The lowest BCUT2D eigenvalue weighted by Gasteiger charge is -2.09. The van der Waals surface area contributed by atoms with Crippen LogP contribution in [0.1, 0.15) is 23.2 Å². The van der Waals surface area contributed by atoms with E-state index in [-0.39, 0.29) is 5.91 Å². The van der Waals surface area contributed by atoms with Gasteiger partial charge < -0.3 is 14.8 Å². The van der Waals surface area contributed by atoms with Gasteiger partial charge in [-0.15, -0.1) is 0 Å². The van der Waals surface area contributed by atoms with E-state index in [1.54, 1.807) is 0 Å². The number of hydrogen-bond donors (Lipinski definition) is 1. The number of carbonyl (C=O) groups is 1. The van der Waals surface area contributed by atoms with Crippen LogP contribution in [-0.4, -0.2) is 38.4 Å². The highest BCUT2D eigenvalue weighted by Crippen LogP contribution is 2.25. The van der Waals surface area contributed by atoms with Crippen molar-refractivity contribution in [3.63, 3.8) is 0 Å². The van der Waals surface area contributed by atoms with Crippen LogP contribution in [0.3, 0.4) is 0 Å². The normalized spacial score (nSPS) is 16.1. The molecule has 1 saturated heterocycles. The summed E-state index contributed by atoms with van der Waals surface area (Å²) in [5.74, 6) is -0.0156. The minimum absolute atomic E-state index is 0.0156. The van der Waals surface area contributed by atoms with E-state index in [1.807, 2.05) is 24.3 Å². The van der Waals surface area contributed by atoms with E-state index in [0.717, 1.165) is 47.8 Å². The molecular formula is C22H23NO3. The van der Waals surface area contributed by atoms with E-state index in [9.17, 15) is 4.79 Å². The van der Waals surface area contributed by atoms with E-state index in [2.05, 4.69) is 35.6 Å². The Bertz CT molecular complexity index is 918. The first-order chi connectivity index (χ1) is 12.8. The second-order valence-corrected chi connectivity index (χ2v) is 6.72. The molecule has 134 valence electrons. The van der Waals surface area contributed by atoms with Crippen molar-refractivity contribution >= 4 is 27.5 Å². The average Bonchev–Trinajstić information content (AvgIpc) is 3.49. The van der Waals surface area contributed by atoms with Crippen LogP contribution in [0.15, 0.2) is 54.6 Å². The molecule has 1 N–H and O–H groups in total. The van der Waals surface area contributed by atoms with Crippen molar-refractivity contribution in [3.05, 3.63) is 60.2 Å². The molecule has 0 saturated carbocycles. The molecule has 3 aromatic carbocycles. The van der Waals surface area contributed by atoms with Gasteiger partial charge in [-0.05, 0) is 52.6 Å². The number of rotatable bonds is 8. The lowest BCUT2D eigenvalue weighted by atomic mass is 9.99. The average molecular weight is 349 g/mol. The molecule has 4 rings (SSSR count). The summed E-state index contributed by atoms with van der Waals surface area (Å²) in [6, 6.07) is 18.4. The molecule has 4 heteroatoms. The van der Waals surface area contributed by atoms with Crippen molar-refractivity contribution < 1.29 is 14.3 Å². The van der Waals surface area contributed by atoms with Gasteiger partial charge >= 0.3 is 0 Å². The molecule has 1 fully saturated rings. The topological polar surface area (TPSA) is 50.9 Å². The summed E-state index contributed by atoms with van der Waals surface area (Å²) < 4.78 is 10.6. The Morgan fingerprint density at radius 3 is 2.62 bits per heavy atom. The van der Waals surface area contributed by atoms with Crippen LogP contribution < -0.4 is 5.32 Å². The van der Waals surface area contributed by atoms with Crippen molar-refractivity contribution in [2.45, 2.75) is 18.9 Å². The fraction of sp³-hybridized carbons (Fsp3) is 0.318. The quantitative estimate of drug-likeness (QED) is 0.381. The Hall–Kier alpha value is -2.43. The molecule has 1 aliphatic heterocycles. The monoisotopic (exact) mass is 349 g/mol. The first kappa shape index (κ1) is 17.0.